The summed E-state index contributed by atoms with van der Waals surface area (Å²) in [5.41, 5.74) is 0.669. The van der Waals surface area contributed by atoms with Crippen LogP contribution in [-0.2, 0) is 16.1 Å². The molecule has 0 saturated carbocycles. The number of ketones is 1. The number of carbonyl (C=O) groups is 2. The van der Waals surface area contributed by atoms with Crippen molar-refractivity contribution in [2.24, 2.45) is 0 Å². The highest BCUT2D eigenvalue weighted by molar-refractivity contribution is 6.46. The van der Waals surface area contributed by atoms with Crippen molar-refractivity contribution in [3.8, 4) is 28.7 Å². The van der Waals surface area contributed by atoms with Gasteiger partial charge >= 0.3 is 0 Å². The number of fused-ring (bicyclic) bond motifs is 1. The second-order valence-electron chi connectivity index (χ2n) is 8.64. The highest BCUT2D eigenvalue weighted by Gasteiger charge is 2.48. The Hall–Kier alpha value is -4.67. The number of aromatic nitrogens is 2. The van der Waals surface area contributed by atoms with Gasteiger partial charge in [0.2, 0.25) is 18.3 Å². The molecule has 0 radical (unpaired) electrons. The zero-order valence-corrected chi connectivity index (χ0v) is 21.2. The van der Waals surface area contributed by atoms with E-state index in [1.165, 1.54) is 26.2 Å². The molecular weight excluding hydrogens is 494 g/mol. The van der Waals surface area contributed by atoms with Crippen LogP contribution in [0.25, 0.3) is 5.76 Å². The zero-order chi connectivity index (χ0) is 26.8. The summed E-state index contributed by atoms with van der Waals surface area (Å²) in [5, 5.41) is 11.4. The number of benzene rings is 2. The molecule has 2 aliphatic heterocycles. The number of aliphatic hydroxyl groups is 1. The molecule has 3 aromatic rings. The predicted octanol–water partition coefficient (Wildman–Crippen LogP) is 3.15. The SMILES string of the molecule is COc1cccc(C(O)=C2C(=O)C(=O)N(CCCn3ccnc3)C2c2cc3c(c(OC)c2OC)OCO3)c1. The Balaban J connectivity index is 1.66. The van der Waals surface area contributed by atoms with E-state index in [0.717, 1.165) is 0 Å². The van der Waals surface area contributed by atoms with Gasteiger partial charge < -0.3 is 38.3 Å². The summed E-state index contributed by atoms with van der Waals surface area (Å²) < 4.78 is 29.6. The second-order valence-corrected chi connectivity index (χ2v) is 8.64. The van der Waals surface area contributed by atoms with Gasteiger partial charge in [0.25, 0.3) is 11.7 Å². The van der Waals surface area contributed by atoms with Gasteiger partial charge in [-0.05, 0) is 24.6 Å². The van der Waals surface area contributed by atoms with Crippen LogP contribution in [0.15, 0.2) is 54.6 Å². The number of aryl methyl sites for hydroxylation is 1. The van der Waals surface area contributed by atoms with Crippen molar-refractivity contribution in [3.05, 3.63) is 65.8 Å². The number of hydrogen-bond acceptors (Lipinski definition) is 9. The minimum atomic E-state index is -0.984. The Kier molecular flexibility index (Phi) is 6.82. The van der Waals surface area contributed by atoms with E-state index in [4.69, 9.17) is 23.7 Å². The summed E-state index contributed by atoms with van der Waals surface area (Å²) in [6, 6.07) is 7.31. The van der Waals surface area contributed by atoms with Gasteiger partial charge in [-0.1, -0.05) is 12.1 Å². The van der Waals surface area contributed by atoms with Crippen molar-refractivity contribution in [3.63, 3.8) is 0 Å². The van der Waals surface area contributed by atoms with Gasteiger partial charge in [0.15, 0.2) is 11.5 Å². The molecule has 0 aliphatic carbocycles. The second kappa shape index (κ2) is 10.4. The number of rotatable bonds is 9. The monoisotopic (exact) mass is 521 g/mol. The van der Waals surface area contributed by atoms with E-state index < -0.39 is 17.7 Å². The molecule has 0 bridgehead atoms. The number of likely N-dealkylation sites (tertiary alicyclic amines) is 1. The first-order valence-corrected chi connectivity index (χ1v) is 11.9. The van der Waals surface area contributed by atoms with Crippen LogP contribution in [0.1, 0.15) is 23.6 Å². The number of carbonyl (C=O) groups excluding carboxylic acids is 2. The lowest BCUT2D eigenvalue weighted by Crippen LogP contribution is -2.31. The summed E-state index contributed by atoms with van der Waals surface area (Å²) >= 11 is 0. The number of aliphatic hydroxyl groups excluding tert-OH is 1. The third kappa shape index (κ3) is 4.25. The topological polar surface area (TPSA) is 122 Å². The van der Waals surface area contributed by atoms with Crippen LogP contribution in [0, 0.1) is 0 Å². The highest BCUT2D eigenvalue weighted by Crippen LogP contribution is 2.53. The predicted molar refractivity (Wildman–Crippen MR) is 135 cm³/mol. The van der Waals surface area contributed by atoms with E-state index in [-0.39, 0.29) is 36.2 Å². The molecule has 198 valence electrons. The van der Waals surface area contributed by atoms with Crippen LogP contribution in [0.5, 0.6) is 28.7 Å². The number of nitrogens with zero attached hydrogens (tertiary/aromatic N) is 3. The number of hydrogen-bond donors (Lipinski definition) is 1. The minimum Gasteiger partial charge on any atom is -0.507 e. The Morgan fingerprint density at radius 3 is 2.61 bits per heavy atom. The van der Waals surface area contributed by atoms with Gasteiger partial charge in [-0.3, -0.25) is 9.59 Å². The molecule has 11 heteroatoms. The van der Waals surface area contributed by atoms with Crippen molar-refractivity contribution < 1.29 is 38.4 Å². The number of methoxy groups -OCH3 is 3. The fourth-order valence-corrected chi connectivity index (χ4v) is 4.82. The molecule has 1 unspecified atom stereocenters. The van der Waals surface area contributed by atoms with Crippen molar-refractivity contribution in [2.45, 2.75) is 19.0 Å². The normalized spacial score (nSPS) is 17.7. The molecule has 0 spiro atoms. The molecule has 1 N–H and O–H groups in total. The van der Waals surface area contributed by atoms with Crippen molar-refractivity contribution in [1.29, 1.82) is 0 Å². The van der Waals surface area contributed by atoms with Crippen LogP contribution >= 0.6 is 0 Å². The Bertz CT molecular complexity index is 1400. The van der Waals surface area contributed by atoms with E-state index in [1.54, 1.807) is 42.9 Å². The van der Waals surface area contributed by atoms with Crippen molar-refractivity contribution in [1.82, 2.24) is 14.5 Å². The maximum absolute atomic E-state index is 13.5. The molecule has 2 aliphatic rings. The van der Waals surface area contributed by atoms with Crippen LogP contribution in [0.3, 0.4) is 0 Å². The lowest BCUT2D eigenvalue weighted by Gasteiger charge is -2.27. The Morgan fingerprint density at radius 2 is 1.89 bits per heavy atom. The van der Waals surface area contributed by atoms with E-state index in [1.807, 2.05) is 10.8 Å². The van der Waals surface area contributed by atoms with Crippen LogP contribution in [0.4, 0.5) is 0 Å². The Labute approximate surface area is 218 Å². The molecule has 3 heterocycles. The quantitative estimate of drug-likeness (QED) is 0.257. The number of amides is 1. The molecule has 11 nitrogen and oxygen atoms in total. The molecule has 1 amide bonds. The fourth-order valence-electron chi connectivity index (χ4n) is 4.82. The molecule has 1 atom stereocenters. The van der Waals surface area contributed by atoms with E-state index >= 15 is 0 Å². The molecule has 2 aromatic carbocycles. The smallest absolute Gasteiger partial charge is 0.295 e. The molecular formula is C27H27N3O8. The first-order valence-electron chi connectivity index (χ1n) is 11.9. The van der Waals surface area contributed by atoms with Gasteiger partial charge in [0.1, 0.15) is 11.5 Å². The fraction of sp³-hybridized carbons (Fsp3) is 0.296. The van der Waals surface area contributed by atoms with Gasteiger partial charge in [-0.2, -0.15) is 0 Å². The van der Waals surface area contributed by atoms with Crippen molar-refractivity contribution in [2.75, 3.05) is 34.7 Å². The summed E-state index contributed by atoms with van der Waals surface area (Å²) in [4.78, 5) is 32.3. The highest BCUT2D eigenvalue weighted by atomic mass is 16.7. The number of ether oxygens (including phenoxy) is 5. The van der Waals surface area contributed by atoms with Gasteiger partial charge in [-0.15, -0.1) is 0 Å². The molecule has 1 saturated heterocycles. The third-order valence-electron chi connectivity index (χ3n) is 6.56. The first-order chi connectivity index (χ1) is 18.5. The lowest BCUT2D eigenvalue weighted by molar-refractivity contribution is -0.140. The van der Waals surface area contributed by atoms with Crippen LogP contribution in [0.2, 0.25) is 0 Å². The standard InChI is InChI=1S/C27H27N3O8/c1-34-17-7-4-6-16(12-17)22(31)20-21(18-13-19-25(38-15-37-19)26(36-3)24(18)35-2)30(27(33)23(20)32)10-5-9-29-11-8-28-14-29/h4,6-8,11-14,21,31H,5,9-10,15H2,1-3H3. The number of Topliss-reactive ketones (excluding diaryl/α,β-unsaturated/α-hetero) is 1. The van der Waals surface area contributed by atoms with Crippen LogP contribution in [-0.4, -0.2) is 65.9 Å². The van der Waals surface area contributed by atoms with E-state index in [2.05, 4.69) is 4.98 Å². The molecule has 38 heavy (non-hydrogen) atoms. The summed E-state index contributed by atoms with van der Waals surface area (Å²) in [5.74, 6) is -0.116. The first kappa shape index (κ1) is 25.0. The number of imidazole rings is 1. The molecule has 1 fully saturated rings. The van der Waals surface area contributed by atoms with Gasteiger partial charge in [0.05, 0.1) is 39.3 Å². The molecule has 1 aromatic heterocycles. The third-order valence-corrected chi connectivity index (χ3v) is 6.56. The summed E-state index contributed by atoms with van der Waals surface area (Å²) in [7, 11) is 4.42. The summed E-state index contributed by atoms with van der Waals surface area (Å²) in [6.07, 6.45) is 5.70. The molecule has 5 rings (SSSR count). The van der Waals surface area contributed by atoms with Crippen molar-refractivity contribution >= 4 is 17.4 Å². The maximum Gasteiger partial charge on any atom is 0.295 e. The minimum absolute atomic E-state index is 0.0206. The van der Waals surface area contributed by atoms with Crippen LogP contribution < -0.4 is 23.7 Å². The van der Waals surface area contributed by atoms with Gasteiger partial charge in [-0.25, -0.2) is 4.98 Å². The summed E-state index contributed by atoms with van der Waals surface area (Å²) in [6.45, 7) is 0.780. The maximum atomic E-state index is 13.5. The largest absolute Gasteiger partial charge is 0.507 e. The lowest BCUT2D eigenvalue weighted by atomic mass is 9.93. The zero-order valence-electron chi connectivity index (χ0n) is 21.2. The van der Waals surface area contributed by atoms with E-state index in [0.29, 0.717) is 41.3 Å². The average molecular weight is 522 g/mol. The Morgan fingerprint density at radius 1 is 1.08 bits per heavy atom. The average Bonchev–Trinajstić information content (AvgIpc) is 3.68. The van der Waals surface area contributed by atoms with E-state index in [9.17, 15) is 14.7 Å². The van der Waals surface area contributed by atoms with Gasteiger partial charge in [0, 0.05) is 36.6 Å².